The molecule has 2 fully saturated rings. The first-order chi connectivity index (χ1) is 5.20. The van der Waals surface area contributed by atoms with Crippen LogP contribution < -0.4 is 0 Å². The van der Waals surface area contributed by atoms with Crippen molar-refractivity contribution in [3.8, 4) is 0 Å². The molecular formula is C10H17N. The van der Waals surface area contributed by atoms with Gasteiger partial charge in [-0.15, -0.1) is 0 Å². The molecule has 2 bridgehead atoms. The second-order valence-corrected chi connectivity index (χ2v) is 4.16. The maximum atomic E-state index is 4.17. The molecule has 2 rings (SSSR count). The summed E-state index contributed by atoms with van der Waals surface area (Å²) in [6.07, 6.45) is 4.19. The van der Waals surface area contributed by atoms with Crippen molar-refractivity contribution in [2.75, 3.05) is 0 Å². The summed E-state index contributed by atoms with van der Waals surface area (Å²) in [5, 5.41) is 0. The Morgan fingerprint density at radius 2 is 2.18 bits per heavy atom. The monoisotopic (exact) mass is 151 g/mol. The van der Waals surface area contributed by atoms with E-state index in [9.17, 15) is 0 Å². The number of hydrogen-bond donors (Lipinski definition) is 0. The Morgan fingerprint density at radius 3 is 2.55 bits per heavy atom. The van der Waals surface area contributed by atoms with Crippen LogP contribution in [-0.4, -0.2) is 17.0 Å². The zero-order valence-corrected chi connectivity index (χ0v) is 7.51. The van der Waals surface area contributed by atoms with Gasteiger partial charge in [-0.2, -0.15) is 0 Å². The summed E-state index contributed by atoms with van der Waals surface area (Å²) >= 11 is 0. The maximum Gasteiger partial charge on any atom is 0.0296 e. The van der Waals surface area contributed by atoms with Crippen LogP contribution in [0.2, 0.25) is 0 Å². The van der Waals surface area contributed by atoms with E-state index in [2.05, 4.69) is 25.3 Å². The van der Waals surface area contributed by atoms with Crippen molar-refractivity contribution < 1.29 is 0 Å². The molecule has 11 heavy (non-hydrogen) atoms. The second kappa shape index (κ2) is 2.26. The minimum atomic E-state index is 0.665. The summed E-state index contributed by atoms with van der Waals surface area (Å²) in [6.45, 7) is 8.70. The number of allylic oxidation sites excluding steroid dienone is 1. The minimum Gasteiger partial charge on any atom is -0.370 e. The Labute approximate surface area is 69.1 Å². The fourth-order valence-corrected chi connectivity index (χ4v) is 2.71. The van der Waals surface area contributed by atoms with Gasteiger partial charge in [-0.05, 0) is 33.1 Å². The van der Waals surface area contributed by atoms with Crippen LogP contribution in [0.15, 0.2) is 12.3 Å². The first kappa shape index (κ1) is 7.20. The zero-order chi connectivity index (χ0) is 8.01. The lowest BCUT2D eigenvalue weighted by Crippen LogP contribution is -2.35. The van der Waals surface area contributed by atoms with Gasteiger partial charge in [0.05, 0.1) is 0 Å². The molecule has 1 aliphatic heterocycles. The van der Waals surface area contributed by atoms with Gasteiger partial charge >= 0.3 is 0 Å². The minimum absolute atomic E-state index is 0.665. The highest BCUT2D eigenvalue weighted by molar-refractivity contribution is 5.14. The zero-order valence-electron chi connectivity index (χ0n) is 7.51. The van der Waals surface area contributed by atoms with Crippen LogP contribution in [0.4, 0.5) is 0 Å². The van der Waals surface area contributed by atoms with Crippen LogP contribution in [0, 0.1) is 5.92 Å². The average Bonchev–Trinajstić information content (AvgIpc) is 2.44. The van der Waals surface area contributed by atoms with E-state index in [1.807, 2.05) is 0 Å². The predicted molar refractivity (Wildman–Crippen MR) is 47.2 cm³/mol. The first-order valence-corrected chi connectivity index (χ1v) is 4.67. The van der Waals surface area contributed by atoms with Crippen LogP contribution >= 0.6 is 0 Å². The van der Waals surface area contributed by atoms with Crippen molar-refractivity contribution in [2.24, 2.45) is 5.92 Å². The molecule has 0 N–H and O–H groups in total. The van der Waals surface area contributed by atoms with Crippen LogP contribution in [-0.2, 0) is 0 Å². The van der Waals surface area contributed by atoms with Gasteiger partial charge in [-0.1, -0.05) is 6.58 Å². The number of likely N-dealkylation sites (tertiary alicyclic amines) is 1. The van der Waals surface area contributed by atoms with Crippen LogP contribution in [0.5, 0.6) is 0 Å². The third-order valence-corrected chi connectivity index (χ3v) is 3.16. The number of piperidine rings is 1. The highest BCUT2D eigenvalue weighted by atomic mass is 15.2. The Balaban J connectivity index is 2.18. The molecule has 0 radical (unpaired) electrons. The number of fused-ring (bicyclic) bond motifs is 2. The molecule has 1 heteroatoms. The molecule has 0 amide bonds. The van der Waals surface area contributed by atoms with Gasteiger partial charge in [0.1, 0.15) is 0 Å². The summed E-state index contributed by atoms with van der Waals surface area (Å²) in [4.78, 5) is 2.52. The largest absolute Gasteiger partial charge is 0.370 e. The summed E-state index contributed by atoms with van der Waals surface area (Å²) in [6, 6.07) is 1.50. The summed E-state index contributed by atoms with van der Waals surface area (Å²) in [5.74, 6) is 0.836. The van der Waals surface area contributed by atoms with Crippen molar-refractivity contribution in [1.29, 1.82) is 0 Å². The molecule has 1 aliphatic carbocycles. The summed E-state index contributed by atoms with van der Waals surface area (Å²) in [5.41, 5.74) is 1.41. The molecule has 0 aromatic carbocycles. The average molecular weight is 151 g/mol. The smallest absolute Gasteiger partial charge is 0.0296 e. The highest BCUT2D eigenvalue weighted by Gasteiger charge is 2.41. The molecule has 62 valence electrons. The van der Waals surface area contributed by atoms with Gasteiger partial charge in [0.2, 0.25) is 0 Å². The van der Waals surface area contributed by atoms with E-state index in [1.165, 1.54) is 25.0 Å². The molecule has 0 aromatic rings. The Kier molecular flexibility index (Phi) is 1.48. The number of hydrogen-bond acceptors (Lipinski definition) is 1. The molecule has 1 saturated carbocycles. The second-order valence-electron chi connectivity index (χ2n) is 4.16. The highest BCUT2D eigenvalue weighted by Crippen LogP contribution is 2.44. The molecule has 0 spiro atoms. The van der Waals surface area contributed by atoms with Crippen molar-refractivity contribution >= 4 is 0 Å². The fourth-order valence-electron chi connectivity index (χ4n) is 2.71. The van der Waals surface area contributed by atoms with Gasteiger partial charge in [-0.3, -0.25) is 0 Å². The van der Waals surface area contributed by atoms with E-state index in [-0.39, 0.29) is 0 Å². The van der Waals surface area contributed by atoms with Crippen molar-refractivity contribution in [1.82, 2.24) is 4.90 Å². The maximum absolute atomic E-state index is 4.17. The van der Waals surface area contributed by atoms with Crippen LogP contribution in [0.25, 0.3) is 0 Å². The Bertz CT molecular complexity index is 183. The predicted octanol–water partition coefficient (Wildman–Crippen LogP) is 2.39. The van der Waals surface area contributed by atoms with Gasteiger partial charge < -0.3 is 4.90 Å². The molecular weight excluding hydrogens is 134 g/mol. The Morgan fingerprint density at radius 1 is 1.45 bits per heavy atom. The molecule has 1 saturated heterocycles. The third kappa shape index (κ3) is 0.901. The van der Waals surface area contributed by atoms with Gasteiger partial charge in [0, 0.05) is 23.7 Å². The van der Waals surface area contributed by atoms with Crippen molar-refractivity contribution in [2.45, 2.75) is 45.2 Å². The molecule has 0 unspecified atom stereocenters. The number of rotatable bonds is 1. The Hall–Kier alpha value is -0.460. The van der Waals surface area contributed by atoms with E-state index in [4.69, 9.17) is 0 Å². The third-order valence-electron chi connectivity index (χ3n) is 3.16. The van der Waals surface area contributed by atoms with E-state index in [0.29, 0.717) is 6.04 Å². The molecule has 2 atom stereocenters. The summed E-state index contributed by atoms with van der Waals surface area (Å²) < 4.78 is 0. The van der Waals surface area contributed by atoms with Crippen LogP contribution in [0.1, 0.15) is 33.1 Å². The molecule has 1 nitrogen and oxygen atoms in total. The molecule has 1 heterocycles. The topological polar surface area (TPSA) is 3.24 Å². The van der Waals surface area contributed by atoms with E-state index < -0.39 is 0 Å². The lowest BCUT2D eigenvalue weighted by molar-refractivity contribution is 0.220. The summed E-state index contributed by atoms with van der Waals surface area (Å²) in [7, 11) is 0. The molecule has 2 aliphatic rings. The fraction of sp³-hybridized carbons (Fsp3) is 0.800. The molecule has 0 aromatic heterocycles. The van der Waals surface area contributed by atoms with E-state index >= 15 is 0 Å². The normalized spacial score (nSPS) is 35.9. The quantitative estimate of drug-likeness (QED) is 0.556. The number of nitrogens with zero attached hydrogens (tertiary/aromatic N) is 1. The van der Waals surface area contributed by atoms with Gasteiger partial charge in [0.25, 0.3) is 0 Å². The van der Waals surface area contributed by atoms with Gasteiger partial charge in [-0.25, -0.2) is 0 Å². The lowest BCUT2D eigenvalue weighted by Gasteiger charge is -2.34. The van der Waals surface area contributed by atoms with Crippen molar-refractivity contribution in [3.05, 3.63) is 12.3 Å². The van der Waals surface area contributed by atoms with E-state index in [1.54, 1.807) is 0 Å². The van der Waals surface area contributed by atoms with Gasteiger partial charge in [0.15, 0.2) is 0 Å². The SMILES string of the molecule is C=C1[C@@H]2CC[C@@H](C2)N1C(C)C. The van der Waals surface area contributed by atoms with Crippen LogP contribution in [0.3, 0.4) is 0 Å². The van der Waals surface area contributed by atoms with E-state index in [0.717, 1.165) is 12.0 Å². The first-order valence-electron chi connectivity index (χ1n) is 4.67. The van der Waals surface area contributed by atoms with Crippen molar-refractivity contribution in [3.63, 3.8) is 0 Å². The lowest BCUT2D eigenvalue weighted by atomic mass is 10.1. The standard InChI is InChI=1S/C10H17N/c1-7(2)11-8(3)9-4-5-10(11)6-9/h7,9-10H,3-6H2,1-2H3/t9-,10+/m1/s1.